The summed E-state index contributed by atoms with van der Waals surface area (Å²) in [5.41, 5.74) is 2.10. The maximum Gasteiger partial charge on any atom is 0.276 e. The van der Waals surface area contributed by atoms with E-state index in [1.807, 2.05) is 23.6 Å². The summed E-state index contributed by atoms with van der Waals surface area (Å²) < 4.78 is 5.62. The van der Waals surface area contributed by atoms with Crippen LogP contribution in [-0.4, -0.2) is 20.4 Å². The van der Waals surface area contributed by atoms with E-state index in [9.17, 15) is 0 Å². The third kappa shape index (κ3) is 3.71. The van der Waals surface area contributed by atoms with Crippen LogP contribution in [0, 0.1) is 0 Å². The van der Waals surface area contributed by atoms with Crippen molar-refractivity contribution >= 4 is 23.1 Å². The molecular weight excluding hydrogens is 302 g/mol. The SMILES string of the molecule is CC(C)Sc1nnc(Cc2csc(-c3ccccc3)n2)o1. The van der Waals surface area contributed by atoms with Crippen molar-refractivity contribution in [3.63, 3.8) is 0 Å². The second-order valence-electron chi connectivity index (χ2n) is 4.82. The van der Waals surface area contributed by atoms with Crippen LogP contribution in [0.25, 0.3) is 10.6 Å². The highest BCUT2D eigenvalue weighted by atomic mass is 32.2. The van der Waals surface area contributed by atoms with Crippen molar-refractivity contribution in [1.29, 1.82) is 0 Å². The van der Waals surface area contributed by atoms with Gasteiger partial charge in [0.25, 0.3) is 5.22 Å². The summed E-state index contributed by atoms with van der Waals surface area (Å²) in [5.74, 6) is 0.614. The van der Waals surface area contributed by atoms with Gasteiger partial charge in [0, 0.05) is 16.2 Å². The lowest BCUT2D eigenvalue weighted by molar-refractivity contribution is 0.419. The van der Waals surface area contributed by atoms with Crippen molar-refractivity contribution in [2.24, 2.45) is 0 Å². The number of benzene rings is 1. The van der Waals surface area contributed by atoms with E-state index >= 15 is 0 Å². The number of thioether (sulfide) groups is 1. The maximum atomic E-state index is 5.62. The third-order valence-electron chi connectivity index (χ3n) is 2.69. The molecule has 0 bridgehead atoms. The van der Waals surface area contributed by atoms with Crippen LogP contribution in [-0.2, 0) is 6.42 Å². The molecule has 0 aliphatic heterocycles. The first-order valence-electron chi connectivity index (χ1n) is 6.69. The van der Waals surface area contributed by atoms with Gasteiger partial charge in [0.2, 0.25) is 5.89 Å². The summed E-state index contributed by atoms with van der Waals surface area (Å²) >= 11 is 3.21. The van der Waals surface area contributed by atoms with Crippen molar-refractivity contribution in [3.8, 4) is 10.6 Å². The fraction of sp³-hybridized carbons (Fsp3) is 0.267. The highest BCUT2D eigenvalue weighted by Crippen LogP contribution is 2.25. The predicted molar refractivity (Wildman–Crippen MR) is 85.6 cm³/mol. The quantitative estimate of drug-likeness (QED) is 0.657. The number of rotatable bonds is 5. The Morgan fingerprint density at radius 2 is 2.00 bits per heavy atom. The summed E-state index contributed by atoms with van der Waals surface area (Å²) in [6.45, 7) is 4.20. The summed E-state index contributed by atoms with van der Waals surface area (Å²) in [4.78, 5) is 4.63. The molecule has 0 spiro atoms. The zero-order chi connectivity index (χ0) is 14.7. The van der Waals surface area contributed by atoms with Gasteiger partial charge in [-0.05, 0) is 0 Å². The average molecular weight is 317 g/mol. The minimum absolute atomic E-state index is 0.433. The van der Waals surface area contributed by atoms with Crippen LogP contribution < -0.4 is 0 Å². The van der Waals surface area contributed by atoms with Gasteiger partial charge in [-0.3, -0.25) is 0 Å². The average Bonchev–Trinajstić information content (AvgIpc) is 3.09. The molecule has 6 heteroatoms. The molecule has 0 aliphatic rings. The molecule has 3 rings (SSSR count). The van der Waals surface area contributed by atoms with Crippen molar-refractivity contribution in [1.82, 2.24) is 15.2 Å². The van der Waals surface area contributed by atoms with Gasteiger partial charge in [-0.15, -0.1) is 21.5 Å². The Labute approximate surface area is 131 Å². The number of thiazole rings is 1. The monoisotopic (exact) mass is 317 g/mol. The van der Waals surface area contributed by atoms with Gasteiger partial charge in [-0.2, -0.15) is 0 Å². The van der Waals surface area contributed by atoms with Crippen LogP contribution in [0.4, 0.5) is 0 Å². The summed E-state index contributed by atoms with van der Waals surface area (Å²) in [6, 6.07) is 10.2. The highest BCUT2D eigenvalue weighted by Gasteiger charge is 2.11. The van der Waals surface area contributed by atoms with Gasteiger partial charge in [-0.25, -0.2) is 4.98 Å². The van der Waals surface area contributed by atoms with Gasteiger partial charge in [0.15, 0.2) is 0 Å². The Kier molecular flexibility index (Phi) is 4.36. The fourth-order valence-corrected chi connectivity index (χ4v) is 3.28. The van der Waals surface area contributed by atoms with E-state index < -0.39 is 0 Å². The Morgan fingerprint density at radius 1 is 1.19 bits per heavy atom. The molecule has 21 heavy (non-hydrogen) atoms. The molecule has 1 aromatic carbocycles. The molecule has 0 saturated heterocycles. The lowest BCUT2D eigenvalue weighted by Crippen LogP contribution is -1.88. The minimum atomic E-state index is 0.433. The molecule has 2 heterocycles. The maximum absolute atomic E-state index is 5.62. The molecule has 3 aromatic rings. The van der Waals surface area contributed by atoms with Crippen molar-refractivity contribution in [3.05, 3.63) is 47.3 Å². The zero-order valence-corrected chi connectivity index (χ0v) is 13.4. The van der Waals surface area contributed by atoms with E-state index in [2.05, 4.69) is 41.2 Å². The molecule has 0 atom stereocenters. The Bertz CT molecular complexity index is 707. The molecule has 0 amide bonds. The molecular formula is C15H15N3OS2. The largest absolute Gasteiger partial charge is 0.416 e. The van der Waals surface area contributed by atoms with E-state index in [1.54, 1.807) is 23.1 Å². The second kappa shape index (κ2) is 6.41. The Balaban J connectivity index is 1.71. The first-order valence-corrected chi connectivity index (χ1v) is 8.45. The number of nitrogens with zero attached hydrogens (tertiary/aromatic N) is 3. The van der Waals surface area contributed by atoms with Crippen LogP contribution in [0.1, 0.15) is 25.4 Å². The van der Waals surface area contributed by atoms with E-state index in [1.165, 1.54) is 0 Å². The van der Waals surface area contributed by atoms with E-state index in [0.717, 1.165) is 16.3 Å². The van der Waals surface area contributed by atoms with E-state index in [-0.39, 0.29) is 0 Å². The first-order chi connectivity index (χ1) is 10.2. The summed E-state index contributed by atoms with van der Waals surface area (Å²) in [7, 11) is 0. The van der Waals surface area contributed by atoms with Crippen LogP contribution in [0.3, 0.4) is 0 Å². The van der Waals surface area contributed by atoms with E-state index in [0.29, 0.717) is 22.8 Å². The van der Waals surface area contributed by atoms with Gasteiger partial charge >= 0.3 is 0 Å². The Morgan fingerprint density at radius 3 is 2.76 bits per heavy atom. The molecule has 0 saturated carbocycles. The lowest BCUT2D eigenvalue weighted by Gasteiger charge is -1.96. The first kappa shape index (κ1) is 14.3. The molecule has 2 aromatic heterocycles. The Hall–Kier alpha value is -1.66. The number of hydrogen-bond acceptors (Lipinski definition) is 6. The lowest BCUT2D eigenvalue weighted by atomic mass is 10.2. The minimum Gasteiger partial charge on any atom is -0.416 e. The van der Waals surface area contributed by atoms with E-state index in [4.69, 9.17) is 4.42 Å². The number of hydrogen-bond donors (Lipinski definition) is 0. The standard InChI is InChI=1S/C15H15N3OS2/c1-10(2)21-15-18-17-13(19-15)8-12-9-20-14(16-12)11-6-4-3-5-7-11/h3-7,9-10H,8H2,1-2H3. The molecule has 0 unspecified atom stereocenters. The molecule has 0 N–H and O–H groups in total. The van der Waals surface area contributed by atoms with Crippen LogP contribution >= 0.6 is 23.1 Å². The summed E-state index contributed by atoms with van der Waals surface area (Å²) in [6.07, 6.45) is 0.578. The highest BCUT2D eigenvalue weighted by molar-refractivity contribution is 7.99. The second-order valence-corrected chi connectivity index (χ2v) is 7.20. The number of aromatic nitrogens is 3. The molecule has 108 valence electrons. The van der Waals surface area contributed by atoms with Crippen molar-refractivity contribution in [2.45, 2.75) is 30.7 Å². The van der Waals surface area contributed by atoms with Gasteiger partial charge < -0.3 is 4.42 Å². The molecule has 0 aliphatic carbocycles. The predicted octanol–water partition coefficient (Wildman–Crippen LogP) is 4.28. The van der Waals surface area contributed by atoms with Crippen LogP contribution in [0.2, 0.25) is 0 Å². The smallest absolute Gasteiger partial charge is 0.276 e. The van der Waals surface area contributed by atoms with Gasteiger partial charge in [0.05, 0.1) is 12.1 Å². The fourth-order valence-electron chi connectivity index (χ4n) is 1.82. The third-order valence-corrected chi connectivity index (χ3v) is 4.47. The summed E-state index contributed by atoms with van der Waals surface area (Å²) in [5, 5.41) is 12.2. The topological polar surface area (TPSA) is 51.8 Å². The van der Waals surface area contributed by atoms with Gasteiger partial charge in [0.1, 0.15) is 5.01 Å². The van der Waals surface area contributed by atoms with Crippen LogP contribution in [0.15, 0.2) is 45.4 Å². The zero-order valence-electron chi connectivity index (χ0n) is 11.8. The normalized spacial score (nSPS) is 11.2. The molecule has 0 fully saturated rings. The van der Waals surface area contributed by atoms with Crippen LogP contribution in [0.5, 0.6) is 0 Å². The van der Waals surface area contributed by atoms with Gasteiger partial charge in [-0.1, -0.05) is 55.9 Å². The van der Waals surface area contributed by atoms with Crippen molar-refractivity contribution < 1.29 is 4.42 Å². The van der Waals surface area contributed by atoms with Crippen molar-refractivity contribution in [2.75, 3.05) is 0 Å². The molecule has 0 radical (unpaired) electrons. The molecule has 4 nitrogen and oxygen atoms in total.